The average Bonchev–Trinajstić information content (AvgIpc) is 1.83. The zero-order valence-corrected chi connectivity index (χ0v) is 6.26. The molecule has 0 saturated heterocycles. The van der Waals surface area contributed by atoms with Gasteiger partial charge < -0.3 is 0 Å². The molecule has 0 saturated carbocycles. The van der Waals surface area contributed by atoms with Gasteiger partial charge in [0.05, 0.1) is 5.16 Å². The SMILES string of the molecule is C=CC(N=C=S)SC. The van der Waals surface area contributed by atoms with Gasteiger partial charge in [-0.3, -0.25) is 0 Å². The third-order valence-electron chi connectivity index (χ3n) is 0.623. The Hall–Kier alpha value is -0.110. The monoisotopic (exact) mass is 145 g/mol. The molecule has 0 aromatic carbocycles. The summed E-state index contributed by atoms with van der Waals surface area (Å²) in [6.07, 6.45) is 3.67. The second-order valence-corrected chi connectivity index (χ2v) is 2.22. The Labute approximate surface area is 58.9 Å². The summed E-state index contributed by atoms with van der Waals surface area (Å²) >= 11 is 5.96. The molecule has 3 heteroatoms. The number of aliphatic imine (C=N–C) groups is 1. The Morgan fingerprint density at radius 2 is 2.62 bits per heavy atom. The third kappa shape index (κ3) is 2.97. The first-order chi connectivity index (χ1) is 3.85. The van der Waals surface area contributed by atoms with Crippen LogP contribution in [0.2, 0.25) is 0 Å². The smallest absolute Gasteiger partial charge is 0.123 e. The molecule has 0 bridgehead atoms. The van der Waals surface area contributed by atoms with Crippen molar-refractivity contribution in [3.63, 3.8) is 0 Å². The maximum absolute atomic E-state index is 4.38. The summed E-state index contributed by atoms with van der Waals surface area (Å²) in [5.41, 5.74) is 0. The van der Waals surface area contributed by atoms with Crippen molar-refractivity contribution < 1.29 is 0 Å². The number of nitrogens with zero attached hydrogens (tertiary/aromatic N) is 1. The summed E-state index contributed by atoms with van der Waals surface area (Å²) in [6.45, 7) is 3.55. The predicted molar refractivity (Wildman–Crippen MR) is 42.5 cm³/mol. The van der Waals surface area contributed by atoms with Crippen LogP contribution in [-0.2, 0) is 0 Å². The van der Waals surface area contributed by atoms with Crippen LogP contribution in [0.4, 0.5) is 0 Å². The van der Waals surface area contributed by atoms with Crippen LogP contribution < -0.4 is 0 Å². The van der Waals surface area contributed by atoms with E-state index < -0.39 is 0 Å². The highest BCUT2D eigenvalue weighted by atomic mass is 32.2. The van der Waals surface area contributed by atoms with E-state index in [0.717, 1.165) is 0 Å². The van der Waals surface area contributed by atoms with Crippen LogP contribution in [0.1, 0.15) is 0 Å². The van der Waals surface area contributed by atoms with Crippen LogP contribution in [0.5, 0.6) is 0 Å². The fourth-order valence-electron chi connectivity index (χ4n) is 0.254. The summed E-state index contributed by atoms with van der Waals surface area (Å²) in [7, 11) is 0. The molecular weight excluding hydrogens is 138 g/mol. The summed E-state index contributed by atoms with van der Waals surface area (Å²) in [5, 5.41) is 2.38. The Balaban J connectivity index is 3.69. The Morgan fingerprint density at radius 1 is 2.00 bits per heavy atom. The molecule has 0 heterocycles. The molecule has 1 atom stereocenters. The van der Waals surface area contributed by atoms with E-state index in [9.17, 15) is 0 Å². The van der Waals surface area contributed by atoms with Crippen molar-refractivity contribution in [2.24, 2.45) is 4.99 Å². The van der Waals surface area contributed by atoms with Gasteiger partial charge in [-0.05, 0) is 18.5 Å². The van der Waals surface area contributed by atoms with E-state index in [4.69, 9.17) is 0 Å². The van der Waals surface area contributed by atoms with Gasteiger partial charge >= 0.3 is 0 Å². The van der Waals surface area contributed by atoms with E-state index in [-0.39, 0.29) is 5.37 Å². The largest absolute Gasteiger partial charge is 0.214 e. The maximum Gasteiger partial charge on any atom is 0.123 e. The van der Waals surface area contributed by atoms with Gasteiger partial charge in [-0.2, -0.15) is 0 Å². The minimum Gasteiger partial charge on any atom is -0.214 e. The number of hydrogen-bond donors (Lipinski definition) is 0. The van der Waals surface area contributed by atoms with Gasteiger partial charge in [0.2, 0.25) is 0 Å². The molecule has 1 nitrogen and oxygen atoms in total. The van der Waals surface area contributed by atoms with Crippen molar-refractivity contribution in [1.82, 2.24) is 0 Å². The summed E-state index contributed by atoms with van der Waals surface area (Å²) in [6, 6.07) is 0. The minimum absolute atomic E-state index is 0.0903. The fourth-order valence-corrected chi connectivity index (χ4v) is 0.784. The lowest BCUT2D eigenvalue weighted by Crippen LogP contribution is -1.87. The normalized spacial score (nSPS) is 11.6. The van der Waals surface area contributed by atoms with Gasteiger partial charge in [-0.25, -0.2) is 4.99 Å². The summed E-state index contributed by atoms with van der Waals surface area (Å²) in [5.74, 6) is 0. The molecule has 0 aliphatic carbocycles. The first-order valence-electron chi connectivity index (χ1n) is 2.07. The van der Waals surface area contributed by atoms with Crippen LogP contribution in [0.15, 0.2) is 17.6 Å². The molecule has 0 aromatic rings. The number of isothiocyanates is 1. The quantitative estimate of drug-likeness (QED) is 0.342. The van der Waals surface area contributed by atoms with Crippen molar-refractivity contribution in [2.75, 3.05) is 6.26 Å². The lowest BCUT2D eigenvalue weighted by atomic mass is 10.6. The number of hydrogen-bond acceptors (Lipinski definition) is 3. The molecule has 0 fully saturated rings. The van der Waals surface area contributed by atoms with Gasteiger partial charge in [-0.1, -0.05) is 6.08 Å². The van der Waals surface area contributed by atoms with Crippen molar-refractivity contribution in [2.45, 2.75) is 5.37 Å². The van der Waals surface area contributed by atoms with E-state index in [1.807, 2.05) is 6.26 Å². The second kappa shape index (κ2) is 5.04. The van der Waals surface area contributed by atoms with Crippen LogP contribution in [-0.4, -0.2) is 16.8 Å². The minimum atomic E-state index is 0.0903. The predicted octanol–water partition coefficient (Wildman–Crippen LogP) is 1.96. The van der Waals surface area contributed by atoms with E-state index in [0.29, 0.717) is 0 Å². The second-order valence-electron chi connectivity index (χ2n) is 1.08. The van der Waals surface area contributed by atoms with Crippen LogP contribution >= 0.6 is 24.0 Å². The molecule has 0 radical (unpaired) electrons. The lowest BCUT2D eigenvalue weighted by Gasteiger charge is -1.95. The molecule has 0 spiro atoms. The maximum atomic E-state index is 4.38. The Kier molecular flexibility index (Phi) is 4.97. The Morgan fingerprint density at radius 3 is 2.75 bits per heavy atom. The van der Waals surface area contributed by atoms with Gasteiger partial charge in [0.25, 0.3) is 0 Å². The van der Waals surface area contributed by atoms with Crippen molar-refractivity contribution in [3.8, 4) is 0 Å². The van der Waals surface area contributed by atoms with Crippen molar-refractivity contribution >= 4 is 29.1 Å². The zero-order valence-electron chi connectivity index (χ0n) is 4.63. The molecule has 0 aromatic heterocycles. The molecule has 44 valence electrons. The molecule has 0 rings (SSSR count). The molecule has 1 unspecified atom stereocenters. The van der Waals surface area contributed by atoms with Crippen LogP contribution in [0.3, 0.4) is 0 Å². The van der Waals surface area contributed by atoms with E-state index in [2.05, 4.69) is 29.0 Å². The van der Waals surface area contributed by atoms with Gasteiger partial charge in [0, 0.05) is 0 Å². The van der Waals surface area contributed by atoms with Crippen molar-refractivity contribution in [3.05, 3.63) is 12.7 Å². The average molecular weight is 145 g/mol. The van der Waals surface area contributed by atoms with E-state index >= 15 is 0 Å². The number of thioether (sulfide) groups is 1. The summed E-state index contributed by atoms with van der Waals surface area (Å²) < 4.78 is 0. The van der Waals surface area contributed by atoms with Crippen LogP contribution in [0.25, 0.3) is 0 Å². The molecule has 0 N–H and O–H groups in total. The topological polar surface area (TPSA) is 12.4 Å². The third-order valence-corrected chi connectivity index (χ3v) is 1.51. The zero-order chi connectivity index (χ0) is 6.41. The fraction of sp³-hybridized carbons (Fsp3) is 0.400. The Bertz CT molecular complexity index is 116. The lowest BCUT2D eigenvalue weighted by molar-refractivity contribution is 1.18. The van der Waals surface area contributed by atoms with Gasteiger partial charge in [-0.15, -0.1) is 18.3 Å². The highest BCUT2D eigenvalue weighted by Crippen LogP contribution is 2.06. The van der Waals surface area contributed by atoms with Gasteiger partial charge in [0.1, 0.15) is 5.37 Å². The first kappa shape index (κ1) is 7.89. The molecular formula is C5H7NS2. The molecule has 8 heavy (non-hydrogen) atoms. The molecule has 0 aliphatic heterocycles. The number of rotatable bonds is 3. The van der Waals surface area contributed by atoms with Gasteiger partial charge in [0.15, 0.2) is 0 Å². The first-order valence-corrected chi connectivity index (χ1v) is 3.77. The van der Waals surface area contributed by atoms with Crippen LogP contribution in [0, 0.1) is 0 Å². The molecule has 0 amide bonds. The highest BCUT2D eigenvalue weighted by Gasteiger charge is 1.91. The van der Waals surface area contributed by atoms with E-state index in [1.54, 1.807) is 17.8 Å². The summed E-state index contributed by atoms with van der Waals surface area (Å²) in [4.78, 5) is 3.77. The van der Waals surface area contributed by atoms with E-state index in [1.165, 1.54) is 0 Å². The number of thiocarbonyl (C=S) groups is 1. The standard InChI is InChI=1S/C5H7NS2/c1-3-5(8-2)6-4-7/h3,5H,1H2,2H3. The molecule has 0 aliphatic rings. The van der Waals surface area contributed by atoms with Crippen molar-refractivity contribution in [1.29, 1.82) is 0 Å². The highest BCUT2D eigenvalue weighted by molar-refractivity contribution is 7.99.